The number of pyridine rings is 1. The standard InChI is InChI=1S/C16H21N5/c1-10-7-11(2)19-15-14(10)16(18-9-17-15)20-13-8-21-5-3-12(13)4-6-21/h7,9,12-13H,3-6,8H2,1-2H3,(H,17,18,19,20)/t13-/m0/s1. The highest BCUT2D eigenvalue weighted by Gasteiger charge is 2.34. The van der Waals surface area contributed by atoms with E-state index < -0.39 is 0 Å². The fourth-order valence-corrected chi connectivity index (χ4v) is 3.82. The van der Waals surface area contributed by atoms with Crippen molar-refractivity contribution >= 4 is 16.9 Å². The molecule has 0 amide bonds. The Kier molecular flexibility index (Phi) is 3.03. The van der Waals surface area contributed by atoms with Crippen molar-refractivity contribution in [2.75, 3.05) is 25.0 Å². The normalized spacial score (nSPS) is 28.0. The van der Waals surface area contributed by atoms with E-state index in [2.05, 4.69) is 38.2 Å². The molecule has 1 N–H and O–H groups in total. The molecular formula is C16H21N5. The first-order valence-electron chi connectivity index (χ1n) is 7.78. The number of hydrogen-bond donors (Lipinski definition) is 1. The maximum atomic E-state index is 4.54. The minimum atomic E-state index is 0.506. The van der Waals surface area contributed by atoms with Crippen LogP contribution in [0.1, 0.15) is 24.1 Å². The van der Waals surface area contributed by atoms with Gasteiger partial charge in [0.25, 0.3) is 0 Å². The van der Waals surface area contributed by atoms with Crippen molar-refractivity contribution in [3.63, 3.8) is 0 Å². The second kappa shape index (κ2) is 4.91. The van der Waals surface area contributed by atoms with E-state index in [9.17, 15) is 0 Å². The lowest BCUT2D eigenvalue weighted by molar-refractivity contribution is 0.0974. The summed E-state index contributed by atoms with van der Waals surface area (Å²) < 4.78 is 0. The quantitative estimate of drug-likeness (QED) is 0.915. The van der Waals surface area contributed by atoms with Gasteiger partial charge in [-0.25, -0.2) is 15.0 Å². The Labute approximate surface area is 124 Å². The maximum absolute atomic E-state index is 4.54. The summed E-state index contributed by atoms with van der Waals surface area (Å²) in [6.07, 6.45) is 4.23. The highest BCUT2D eigenvalue weighted by molar-refractivity contribution is 5.89. The van der Waals surface area contributed by atoms with Crippen molar-refractivity contribution in [1.29, 1.82) is 0 Å². The highest BCUT2D eigenvalue weighted by Crippen LogP contribution is 2.31. The SMILES string of the molecule is Cc1cc(C)c2c(N[C@H]3CN4CCC3CC4)ncnc2n1. The Morgan fingerprint density at radius 1 is 1.19 bits per heavy atom. The molecular weight excluding hydrogens is 262 g/mol. The third kappa shape index (κ3) is 2.25. The van der Waals surface area contributed by atoms with Crippen molar-refractivity contribution in [1.82, 2.24) is 19.9 Å². The Morgan fingerprint density at radius 2 is 2.00 bits per heavy atom. The molecule has 5 heteroatoms. The molecule has 5 heterocycles. The number of aromatic nitrogens is 3. The minimum Gasteiger partial charge on any atom is -0.365 e. The van der Waals surface area contributed by atoms with Crippen LogP contribution in [0.25, 0.3) is 11.0 Å². The van der Waals surface area contributed by atoms with Crippen LogP contribution in [-0.2, 0) is 0 Å². The van der Waals surface area contributed by atoms with E-state index in [4.69, 9.17) is 0 Å². The number of nitrogens with one attached hydrogen (secondary N) is 1. The molecule has 2 aromatic rings. The molecule has 2 aromatic heterocycles. The van der Waals surface area contributed by atoms with E-state index in [1.165, 1.54) is 31.5 Å². The van der Waals surface area contributed by atoms with Crippen molar-refractivity contribution in [3.05, 3.63) is 23.7 Å². The molecule has 0 unspecified atom stereocenters. The van der Waals surface area contributed by atoms with Gasteiger partial charge in [0.15, 0.2) is 5.65 Å². The van der Waals surface area contributed by atoms with E-state index in [0.29, 0.717) is 6.04 Å². The molecule has 3 aliphatic heterocycles. The van der Waals surface area contributed by atoms with Crippen LogP contribution in [0.2, 0.25) is 0 Å². The molecule has 0 aliphatic carbocycles. The summed E-state index contributed by atoms with van der Waals surface area (Å²) in [5, 5.41) is 4.75. The van der Waals surface area contributed by atoms with Crippen LogP contribution < -0.4 is 5.32 Å². The number of hydrogen-bond acceptors (Lipinski definition) is 5. The second-order valence-corrected chi connectivity index (χ2v) is 6.39. The molecule has 1 atom stereocenters. The fraction of sp³-hybridized carbons (Fsp3) is 0.562. The summed E-state index contributed by atoms with van der Waals surface area (Å²) in [6, 6.07) is 2.61. The van der Waals surface area contributed by atoms with Crippen molar-refractivity contribution in [3.8, 4) is 0 Å². The molecule has 0 saturated carbocycles. The third-order valence-corrected chi connectivity index (χ3v) is 4.91. The number of piperidine rings is 3. The Hall–Kier alpha value is -1.75. The summed E-state index contributed by atoms with van der Waals surface area (Å²) in [5.74, 6) is 1.72. The van der Waals surface area contributed by atoms with Gasteiger partial charge in [-0.3, -0.25) is 0 Å². The smallest absolute Gasteiger partial charge is 0.165 e. The summed E-state index contributed by atoms with van der Waals surface area (Å²) >= 11 is 0. The first-order chi connectivity index (χ1) is 10.2. The van der Waals surface area contributed by atoms with E-state index in [-0.39, 0.29) is 0 Å². The molecule has 0 aromatic carbocycles. The number of nitrogens with zero attached hydrogens (tertiary/aromatic N) is 4. The van der Waals surface area contributed by atoms with Crippen LogP contribution in [0.3, 0.4) is 0 Å². The van der Waals surface area contributed by atoms with E-state index in [0.717, 1.165) is 35.0 Å². The van der Waals surface area contributed by atoms with Crippen molar-refractivity contribution in [2.45, 2.75) is 32.7 Å². The molecule has 3 aliphatic rings. The predicted octanol–water partition coefficient (Wildman–Crippen LogP) is 2.15. The van der Waals surface area contributed by atoms with Gasteiger partial charge < -0.3 is 10.2 Å². The average molecular weight is 283 g/mol. The number of fused-ring (bicyclic) bond motifs is 4. The molecule has 21 heavy (non-hydrogen) atoms. The van der Waals surface area contributed by atoms with Gasteiger partial charge in [0.05, 0.1) is 5.39 Å². The zero-order valence-corrected chi connectivity index (χ0v) is 12.6. The minimum absolute atomic E-state index is 0.506. The van der Waals surface area contributed by atoms with Gasteiger partial charge in [0, 0.05) is 18.3 Å². The maximum Gasteiger partial charge on any atom is 0.165 e. The number of aryl methyl sites for hydroxylation is 2. The Morgan fingerprint density at radius 3 is 2.71 bits per heavy atom. The van der Waals surface area contributed by atoms with Crippen LogP contribution in [0.5, 0.6) is 0 Å². The van der Waals surface area contributed by atoms with Gasteiger partial charge in [0.1, 0.15) is 12.1 Å². The van der Waals surface area contributed by atoms with Crippen molar-refractivity contribution < 1.29 is 0 Å². The van der Waals surface area contributed by atoms with Crippen LogP contribution in [-0.4, -0.2) is 45.5 Å². The van der Waals surface area contributed by atoms with Gasteiger partial charge in [-0.2, -0.15) is 0 Å². The van der Waals surface area contributed by atoms with Gasteiger partial charge >= 0.3 is 0 Å². The van der Waals surface area contributed by atoms with E-state index >= 15 is 0 Å². The Balaban J connectivity index is 1.70. The molecule has 0 radical (unpaired) electrons. The molecule has 0 spiro atoms. The topological polar surface area (TPSA) is 53.9 Å². The molecule has 5 nitrogen and oxygen atoms in total. The summed E-state index contributed by atoms with van der Waals surface area (Å²) in [7, 11) is 0. The van der Waals surface area contributed by atoms with Crippen LogP contribution in [0, 0.1) is 19.8 Å². The molecule has 3 saturated heterocycles. The van der Waals surface area contributed by atoms with E-state index in [1.54, 1.807) is 6.33 Å². The lowest BCUT2D eigenvalue weighted by atomic mass is 9.84. The molecule has 2 bridgehead atoms. The molecule has 5 rings (SSSR count). The summed E-state index contributed by atoms with van der Waals surface area (Å²) in [6.45, 7) is 7.77. The predicted molar refractivity (Wildman–Crippen MR) is 83.4 cm³/mol. The van der Waals surface area contributed by atoms with Crippen molar-refractivity contribution in [2.24, 2.45) is 5.92 Å². The monoisotopic (exact) mass is 283 g/mol. The van der Waals surface area contributed by atoms with E-state index in [1.807, 2.05) is 6.92 Å². The average Bonchev–Trinajstić information content (AvgIpc) is 2.48. The second-order valence-electron chi connectivity index (χ2n) is 6.39. The van der Waals surface area contributed by atoms with Crippen LogP contribution in [0.4, 0.5) is 5.82 Å². The first kappa shape index (κ1) is 13.0. The highest BCUT2D eigenvalue weighted by atomic mass is 15.2. The van der Waals surface area contributed by atoms with Gasteiger partial charge in [0.2, 0.25) is 0 Å². The fourth-order valence-electron chi connectivity index (χ4n) is 3.82. The molecule has 3 fully saturated rings. The summed E-state index contributed by atoms with van der Waals surface area (Å²) in [4.78, 5) is 15.9. The third-order valence-electron chi connectivity index (χ3n) is 4.91. The van der Waals surface area contributed by atoms with Gasteiger partial charge in [-0.15, -0.1) is 0 Å². The van der Waals surface area contributed by atoms with Crippen LogP contribution >= 0.6 is 0 Å². The van der Waals surface area contributed by atoms with Gasteiger partial charge in [-0.1, -0.05) is 0 Å². The van der Waals surface area contributed by atoms with Gasteiger partial charge in [-0.05, 0) is 57.3 Å². The molecule has 110 valence electrons. The van der Waals surface area contributed by atoms with Crippen LogP contribution in [0.15, 0.2) is 12.4 Å². The lowest BCUT2D eigenvalue weighted by Crippen LogP contribution is -2.53. The first-order valence-corrected chi connectivity index (χ1v) is 7.78. The lowest BCUT2D eigenvalue weighted by Gasteiger charge is -2.45. The number of rotatable bonds is 2. The Bertz CT molecular complexity index is 676. The zero-order chi connectivity index (χ0) is 14.4. The zero-order valence-electron chi connectivity index (χ0n) is 12.6. The largest absolute Gasteiger partial charge is 0.365 e. The summed E-state index contributed by atoms with van der Waals surface area (Å²) in [5.41, 5.74) is 3.00. The number of anilines is 1.